The van der Waals surface area contributed by atoms with Gasteiger partial charge in [-0.2, -0.15) is 0 Å². The highest BCUT2D eigenvalue weighted by molar-refractivity contribution is 7.09. The van der Waals surface area contributed by atoms with Crippen molar-refractivity contribution in [1.82, 2.24) is 14.9 Å². The van der Waals surface area contributed by atoms with E-state index in [1.54, 1.807) is 18.4 Å². The van der Waals surface area contributed by atoms with Crippen LogP contribution in [-0.4, -0.2) is 41.7 Å². The zero-order valence-corrected chi connectivity index (χ0v) is 15.5. The predicted molar refractivity (Wildman–Crippen MR) is 101 cm³/mol. The number of nitrogens with zero attached hydrogens (tertiary/aromatic N) is 3. The molecule has 6 heteroatoms. The number of fused-ring (bicyclic) bond motifs is 1. The van der Waals surface area contributed by atoms with Gasteiger partial charge in [0.15, 0.2) is 0 Å². The first-order valence-corrected chi connectivity index (χ1v) is 9.27. The summed E-state index contributed by atoms with van der Waals surface area (Å²) in [5, 5.41) is 1.10. The lowest BCUT2D eigenvalue weighted by atomic mass is 10.2. The molecule has 0 spiro atoms. The summed E-state index contributed by atoms with van der Waals surface area (Å²) in [6.07, 6.45) is 1.92. The average molecular weight is 357 g/mol. The van der Waals surface area contributed by atoms with Gasteiger partial charge in [0, 0.05) is 43.2 Å². The van der Waals surface area contributed by atoms with Crippen LogP contribution >= 0.6 is 11.3 Å². The minimum absolute atomic E-state index is 0.670. The van der Waals surface area contributed by atoms with E-state index >= 15 is 0 Å². The second-order valence-corrected chi connectivity index (χ2v) is 6.73. The number of methoxy groups -OCH3 is 1. The number of pyridine rings is 1. The number of thiazole rings is 1. The first kappa shape index (κ1) is 17.8. The molecule has 5 nitrogen and oxygen atoms in total. The van der Waals surface area contributed by atoms with E-state index < -0.39 is 0 Å². The van der Waals surface area contributed by atoms with Crippen molar-refractivity contribution >= 4 is 22.2 Å². The summed E-state index contributed by atoms with van der Waals surface area (Å²) in [6, 6.07) is 10.2. The highest BCUT2D eigenvalue weighted by Crippen LogP contribution is 2.21. The highest BCUT2D eigenvalue weighted by Gasteiger charge is 2.10. The molecule has 0 fully saturated rings. The van der Waals surface area contributed by atoms with Crippen molar-refractivity contribution in [3.05, 3.63) is 52.6 Å². The minimum atomic E-state index is 0.670. The lowest BCUT2D eigenvalue weighted by molar-refractivity contribution is 0.140. The molecule has 0 aliphatic rings. The van der Waals surface area contributed by atoms with Gasteiger partial charge in [0.05, 0.1) is 29.9 Å². The fourth-order valence-electron chi connectivity index (χ4n) is 2.69. The van der Waals surface area contributed by atoms with Gasteiger partial charge in [-0.1, -0.05) is 6.07 Å². The van der Waals surface area contributed by atoms with Gasteiger partial charge in [-0.15, -0.1) is 11.3 Å². The molecule has 0 aliphatic carbocycles. The number of aromatic nitrogens is 2. The van der Waals surface area contributed by atoms with Crippen molar-refractivity contribution in [2.24, 2.45) is 0 Å². The van der Waals surface area contributed by atoms with Gasteiger partial charge in [0.2, 0.25) is 0 Å². The summed E-state index contributed by atoms with van der Waals surface area (Å²) in [5.74, 6) is 0.886. The van der Waals surface area contributed by atoms with Crippen LogP contribution in [0.25, 0.3) is 10.9 Å². The van der Waals surface area contributed by atoms with Gasteiger partial charge in [-0.25, -0.2) is 0 Å². The normalized spacial score (nSPS) is 11.3. The number of hydrogen-bond donors (Lipinski definition) is 0. The van der Waals surface area contributed by atoms with Gasteiger partial charge in [0.1, 0.15) is 5.75 Å². The highest BCUT2D eigenvalue weighted by atomic mass is 32.1. The number of rotatable bonds is 9. The molecule has 0 N–H and O–H groups in total. The Morgan fingerprint density at radius 2 is 2.08 bits per heavy atom. The summed E-state index contributed by atoms with van der Waals surface area (Å²) >= 11 is 1.68. The molecule has 0 radical (unpaired) electrons. The molecular weight excluding hydrogens is 334 g/mol. The molecule has 0 atom stereocenters. The molecule has 3 rings (SSSR count). The van der Waals surface area contributed by atoms with E-state index in [-0.39, 0.29) is 0 Å². The van der Waals surface area contributed by atoms with Crippen LogP contribution < -0.4 is 4.74 Å². The maximum atomic E-state index is 5.56. The van der Waals surface area contributed by atoms with Crippen LogP contribution in [0.2, 0.25) is 0 Å². The average Bonchev–Trinajstić information content (AvgIpc) is 3.13. The fraction of sp³-hybridized carbons (Fsp3) is 0.368. The van der Waals surface area contributed by atoms with Gasteiger partial charge in [-0.3, -0.25) is 14.9 Å². The third-order valence-electron chi connectivity index (χ3n) is 3.89. The van der Waals surface area contributed by atoms with E-state index in [9.17, 15) is 0 Å². The fourth-order valence-corrected chi connectivity index (χ4v) is 3.33. The monoisotopic (exact) mass is 357 g/mol. The second-order valence-electron chi connectivity index (χ2n) is 5.76. The van der Waals surface area contributed by atoms with Crippen LogP contribution in [0.4, 0.5) is 0 Å². The topological polar surface area (TPSA) is 47.5 Å². The Labute approximate surface area is 152 Å². The quantitative estimate of drug-likeness (QED) is 0.584. The van der Waals surface area contributed by atoms with E-state index in [0.717, 1.165) is 42.0 Å². The Balaban J connectivity index is 1.75. The lowest BCUT2D eigenvalue weighted by Crippen LogP contribution is -2.26. The molecule has 2 aromatic heterocycles. The summed E-state index contributed by atoms with van der Waals surface area (Å²) in [6.45, 7) is 5.86. The second kappa shape index (κ2) is 8.89. The molecule has 3 aromatic rings. The van der Waals surface area contributed by atoms with Crippen molar-refractivity contribution in [2.45, 2.75) is 20.0 Å². The molecule has 25 heavy (non-hydrogen) atoms. The molecule has 0 saturated carbocycles. The molecule has 1 aromatic carbocycles. The summed E-state index contributed by atoms with van der Waals surface area (Å²) in [7, 11) is 1.73. The molecule has 132 valence electrons. The lowest BCUT2D eigenvalue weighted by Gasteiger charge is -2.21. The van der Waals surface area contributed by atoms with E-state index in [1.165, 1.54) is 4.88 Å². The minimum Gasteiger partial charge on any atom is -0.494 e. The van der Waals surface area contributed by atoms with Crippen molar-refractivity contribution in [2.75, 3.05) is 26.9 Å². The van der Waals surface area contributed by atoms with Crippen molar-refractivity contribution < 1.29 is 9.47 Å². The van der Waals surface area contributed by atoms with Crippen molar-refractivity contribution in [3.8, 4) is 5.75 Å². The first-order chi connectivity index (χ1) is 12.3. The predicted octanol–water partition coefficient (Wildman–Crippen LogP) is 3.74. The SMILES string of the molecule is CCOc1ccc2nc(CN(CCOC)Cc3cncs3)ccc2c1. The van der Waals surface area contributed by atoms with Gasteiger partial charge in [-0.05, 0) is 31.2 Å². The zero-order valence-electron chi connectivity index (χ0n) is 14.6. The zero-order chi connectivity index (χ0) is 17.5. The molecule has 2 heterocycles. The number of ether oxygens (including phenoxy) is 2. The van der Waals surface area contributed by atoms with Gasteiger partial charge >= 0.3 is 0 Å². The maximum absolute atomic E-state index is 5.56. The summed E-state index contributed by atoms with van der Waals surface area (Å²) < 4.78 is 10.8. The van der Waals surface area contributed by atoms with Crippen LogP contribution in [0.3, 0.4) is 0 Å². The molecular formula is C19H23N3O2S. The van der Waals surface area contributed by atoms with E-state index in [1.807, 2.05) is 36.8 Å². The Kier molecular flexibility index (Phi) is 6.33. The molecule has 0 bridgehead atoms. The number of hydrogen-bond acceptors (Lipinski definition) is 6. The number of benzene rings is 1. The van der Waals surface area contributed by atoms with Crippen LogP contribution in [0.5, 0.6) is 5.75 Å². The third-order valence-corrected chi connectivity index (χ3v) is 4.65. The van der Waals surface area contributed by atoms with Crippen molar-refractivity contribution in [1.29, 1.82) is 0 Å². The van der Waals surface area contributed by atoms with Gasteiger partial charge < -0.3 is 9.47 Å². The van der Waals surface area contributed by atoms with Crippen molar-refractivity contribution in [3.63, 3.8) is 0 Å². The van der Waals surface area contributed by atoms with Gasteiger partial charge in [0.25, 0.3) is 0 Å². The van der Waals surface area contributed by atoms with Crippen LogP contribution in [-0.2, 0) is 17.8 Å². The van der Waals surface area contributed by atoms with Crippen LogP contribution in [0.15, 0.2) is 42.0 Å². The Hall–Kier alpha value is -2.02. The largest absolute Gasteiger partial charge is 0.494 e. The molecule has 0 unspecified atom stereocenters. The van der Waals surface area contributed by atoms with Crippen LogP contribution in [0.1, 0.15) is 17.5 Å². The summed E-state index contributed by atoms with van der Waals surface area (Å²) in [4.78, 5) is 12.5. The molecule has 0 saturated heterocycles. The molecule has 0 aliphatic heterocycles. The smallest absolute Gasteiger partial charge is 0.120 e. The van der Waals surface area contributed by atoms with E-state index in [4.69, 9.17) is 14.5 Å². The first-order valence-electron chi connectivity index (χ1n) is 8.39. The Morgan fingerprint density at radius 3 is 2.84 bits per heavy atom. The Morgan fingerprint density at radius 1 is 1.16 bits per heavy atom. The van der Waals surface area contributed by atoms with E-state index in [0.29, 0.717) is 13.2 Å². The summed E-state index contributed by atoms with van der Waals surface area (Å²) in [5.41, 5.74) is 3.91. The third kappa shape index (κ3) is 4.98. The molecule has 0 amide bonds. The maximum Gasteiger partial charge on any atom is 0.120 e. The Bertz CT molecular complexity index is 792. The van der Waals surface area contributed by atoms with E-state index in [2.05, 4.69) is 22.0 Å². The van der Waals surface area contributed by atoms with Crippen LogP contribution in [0, 0.1) is 0 Å². The standard InChI is InChI=1S/C19H23N3O2S/c1-3-24-17-6-7-19-15(10-17)4-5-16(21-19)12-22(8-9-23-2)13-18-11-20-14-25-18/h4-7,10-11,14H,3,8-9,12-13H2,1-2H3.